The molecule has 1 saturated heterocycles. The van der Waals surface area contributed by atoms with E-state index < -0.39 is 10.0 Å². The maximum Gasteiger partial charge on any atom is 0.279 e. The van der Waals surface area contributed by atoms with Gasteiger partial charge in [0.2, 0.25) is 10.0 Å². The van der Waals surface area contributed by atoms with E-state index in [1.165, 1.54) is 39.9 Å². The van der Waals surface area contributed by atoms with E-state index in [0.29, 0.717) is 29.4 Å². The molecule has 25 heavy (non-hydrogen) atoms. The minimum absolute atomic E-state index is 0.222. The van der Waals surface area contributed by atoms with Crippen molar-refractivity contribution in [2.75, 3.05) is 13.1 Å². The van der Waals surface area contributed by atoms with Crippen molar-refractivity contribution in [1.29, 1.82) is 0 Å². The van der Waals surface area contributed by atoms with Gasteiger partial charge in [-0.3, -0.25) is 4.79 Å². The maximum atomic E-state index is 12.7. The zero-order valence-electron chi connectivity index (χ0n) is 14.3. The molecule has 0 saturated carbocycles. The fraction of sp³-hybridized carbons (Fsp3) is 0.412. The second kappa shape index (κ2) is 7.23. The van der Waals surface area contributed by atoms with Crippen LogP contribution in [0.4, 0.5) is 0 Å². The Balaban J connectivity index is 1.80. The first-order chi connectivity index (χ1) is 11.9. The van der Waals surface area contributed by atoms with Crippen LogP contribution in [0.5, 0.6) is 0 Å². The number of hydrogen-bond acceptors (Lipinski definition) is 4. The van der Waals surface area contributed by atoms with Crippen molar-refractivity contribution in [1.82, 2.24) is 8.87 Å². The van der Waals surface area contributed by atoms with Gasteiger partial charge in [0, 0.05) is 37.3 Å². The quantitative estimate of drug-likeness (QED) is 0.821. The maximum absolute atomic E-state index is 12.7. The number of thiazole rings is 1. The van der Waals surface area contributed by atoms with E-state index in [-0.39, 0.29) is 10.8 Å². The van der Waals surface area contributed by atoms with Crippen LogP contribution in [-0.2, 0) is 17.1 Å². The van der Waals surface area contributed by atoms with E-state index in [9.17, 15) is 13.2 Å². The fourth-order valence-corrected chi connectivity index (χ4v) is 4.93. The molecule has 0 spiro atoms. The summed E-state index contributed by atoms with van der Waals surface area (Å²) in [6.07, 6.45) is 3.59. The SMILES string of the molecule is CC1CCN(S(=O)(=O)c2ccc(C(=O)N=c3sccn3C)cc2)CC1. The van der Waals surface area contributed by atoms with E-state index in [2.05, 4.69) is 11.9 Å². The summed E-state index contributed by atoms with van der Waals surface area (Å²) in [6.45, 7) is 3.24. The summed E-state index contributed by atoms with van der Waals surface area (Å²) in [5.41, 5.74) is 0.375. The van der Waals surface area contributed by atoms with Crippen LogP contribution in [-0.4, -0.2) is 36.3 Å². The van der Waals surface area contributed by atoms with Gasteiger partial charge in [-0.05, 0) is 43.0 Å². The van der Waals surface area contributed by atoms with Crippen molar-refractivity contribution in [2.45, 2.75) is 24.7 Å². The van der Waals surface area contributed by atoms with Crippen molar-refractivity contribution in [2.24, 2.45) is 18.0 Å². The molecule has 0 N–H and O–H groups in total. The van der Waals surface area contributed by atoms with Crippen molar-refractivity contribution in [3.8, 4) is 0 Å². The number of carbonyl (C=O) groups excluding carboxylic acids is 1. The average molecular weight is 380 g/mol. The molecule has 1 aliphatic heterocycles. The lowest BCUT2D eigenvalue weighted by Gasteiger charge is -2.29. The number of aryl methyl sites for hydroxylation is 1. The summed E-state index contributed by atoms with van der Waals surface area (Å²) < 4.78 is 28.7. The first kappa shape index (κ1) is 18.0. The number of carbonyl (C=O) groups is 1. The minimum atomic E-state index is -3.50. The van der Waals surface area contributed by atoms with Crippen LogP contribution < -0.4 is 4.80 Å². The average Bonchev–Trinajstić information content (AvgIpc) is 3.00. The molecule has 6 nitrogen and oxygen atoms in total. The molecular formula is C17H21N3O3S2. The van der Waals surface area contributed by atoms with Crippen molar-refractivity contribution in [3.05, 3.63) is 46.2 Å². The third-order valence-corrected chi connectivity index (χ3v) is 7.20. The molecule has 3 rings (SSSR count). The molecule has 1 aromatic heterocycles. The number of aromatic nitrogens is 1. The molecule has 0 bridgehead atoms. The molecule has 0 aliphatic carbocycles. The van der Waals surface area contributed by atoms with Gasteiger partial charge in [0.25, 0.3) is 5.91 Å². The summed E-state index contributed by atoms with van der Waals surface area (Å²) in [6, 6.07) is 6.03. The summed E-state index contributed by atoms with van der Waals surface area (Å²) in [5.74, 6) is 0.181. The Morgan fingerprint density at radius 3 is 2.40 bits per heavy atom. The number of rotatable bonds is 3. The highest BCUT2D eigenvalue weighted by Crippen LogP contribution is 2.23. The standard InChI is InChI=1S/C17H21N3O3S2/c1-13-7-9-20(10-8-13)25(22,23)15-5-3-14(4-6-15)16(21)18-17-19(2)11-12-24-17/h3-6,11-13H,7-10H2,1-2H3. The van der Waals surface area contributed by atoms with Gasteiger partial charge in [0.15, 0.2) is 4.80 Å². The number of benzene rings is 1. The van der Waals surface area contributed by atoms with Crippen LogP contribution in [0.15, 0.2) is 45.7 Å². The van der Waals surface area contributed by atoms with Crippen LogP contribution in [0, 0.1) is 5.92 Å². The van der Waals surface area contributed by atoms with Crippen molar-refractivity contribution >= 4 is 27.3 Å². The molecule has 2 heterocycles. The Bertz CT molecular complexity index is 919. The van der Waals surface area contributed by atoms with Gasteiger partial charge >= 0.3 is 0 Å². The van der Waals surface area contributed by atoms with Crippen LogP contribution >= 0.6 is 11.3 Å². The van der Waals surface area contributed by atoms with Crippen LogP contribution in [0.2, 0.25) is 0 Å². The second-order valence-corrected chi connectivity index (χ2v) is 9.14. The first-order valence-corrected chi connectivity index (χ1v) is 10.5. The summed E-state index contributed by atoms with van der Waals surface area (Å²) >= 11 is 1.37. The van der Waals surface area contributed by atoms with Gasteiger partial charge in [0.05, 0.1) is 4.90 Å². The number of amides is 1. The van der Waals surface area contributed by atoms with Crippen molar-refractivity contribution in [3.63, 3.8) is 0 Å². The Hall–Kier alpha value is -1.77. The Morgan fingerprint density at radius 1 is 1.20 bits per heavy atom. The summed E-state index contributed by atoms with van der Waals surface area (Å²) in [7, 11) is -1.68. The number of nitrogens with zero attached hydrogens (tertiary/aromatic N) is 3. The highest BCUT2D eigenvalue weighted by Gasteiger charge is 2.28. The van der Waals surface area contributed by atoms with Gasteiger partial charge < -0.3 is 4.57 Å². The lowest BCUT2D eigenvalue weighted by atomic mass is 10.0. The predicted octanol–water partition coefficient (Wildman–Crippen LogP) is 2.25. The molecule has 1 aromatic carbocycles. The van der Waals surface area contributed by atoms with E-state index in [0.717, 1.165) is 12.8 Å². The Kier molecular flexibility index (Phi) is 5.21. The Morgan fingerprint density at radius 2 is 1.84 bits per heavy atom. The molecule has 1 amide bonds. The van der Waals surface area contributed by atoms with E-state index in [1.807, 2.05) is 18.6 Å². The molecule has 0 unspecified atom stereocenters. The van der Waals surface area contributed by atoms with E-state index >= 15 is 0 Å². The summed E-state index contributed by atoms with van der Waals surface area (Å²) in [5, 5.41) is 1.85. The summed E-state index contributed by atoms with van der Waals surface area (Å²) in [4.78, 5) is 17.1. The number of sulfonamides is 1. The lowest BCUT2D eigenvalue weighted by Crippen LogP contribution is -2.37. The molecule has 1 fully saturated rings. The molecule has 8 heteroatoms. The minimum Gasteiger partial charge on any atom is -0.327 e. The number of hydrogen-bond donors (Lipinski definition) is 0. The third kappa shape index (κ3) is 3.91. The van der Waals surface area contributed by atoms with E-state index in [1.54, 1.807) is 4.57 Å². The van der Waals surface area contributed by atoms with Crippen molar-refractivity contribution < 1.29 is 13.2 Å². The van der Waals surface area contributed by atoms with E-state index in [4.69, 9.17) is 0 Å². The Labute approximate surface area is 151 Å². The molecule has 0 radical (unpaired) electrons. The number of piperidine rings is 1. The smallest absolute Gasteiger partial charge is 0.279 e. The predicted molar refractivity (Wildman–Crippen MR) is 96.8 cm³/mol. The molecular weight excluding hydrogens is 358 g/mol. The zero-order valence-corrected chi connectivity index (χ0v) is 15.9. The lowest BCUT2D eigenvalue weighted by molar-refractivity contribution is 0.0997. The second-order valence-electron chi connectivity index (χ2n) is 6.32. The molecule has 134 valence electrons. The van der Waals surface area contributed by atoms with Gasteiger partial charge in [-0.2, -0.15) is 9.30 Å². The topological polar surface area (TPSA) is 71.7 Å². The highest BCUT2D eigenvalue weighted by molar-refractivity contribution is 7.89. The monoisotopic (exact) mass is 379 g/mol. The normalized spacial score (nSPS) is 17.8. The fourth-order valence-electron chi connectivity index (χ4n) is 2.73. The van der Waals surface area contributed by atoms with Crippen LogP contribution in [0.1, 0.15) is 30.1 Å². The van der Waals surface area contributed by atoms with Gasteiger partial charge in [-0.15, -0.1) is 11.3 Å². The highest BCUT2D eigenvalue weighted by atomic mass is 32.2. The zero-order chi connectivity index (χ0) is 18.0. The van der Waals surface area contributed by atoms with Gasteiger partial charge in [-0.1, -0.05) is 6.92 Å². The first-order valence-electron chi connectivity index (χ1n) is 8.17. The van der Waals surface area contributed by atoms with Crippen LogP contribution in [0.25, 0.3) is 0 Å². The van der Waals surface area contributed by atoms with Gasteiger partial charge in [0.1, 0.15) is 0 Å². The van der Waals surface area contributed by atoms with Gasteiger partial charge in [-0.25, -0.2) is 8.42 Å². The molecule has 0 atom stereocenters. The molecule has 1 aliphatic rings. The molecule has 2 aromatic rings. The van der Waals surface area contributed by atoms with Crippen LogP contribution in [0.3, 0.4) is 0 Å². The third-order valence-electron chi connectivity index (χ3n) is 4.44. The largest absolute Gasteiger partial charge is 0.327 e.